The van der Waals surface area contributed by atoms with E-state index in [1.807, 2.05) is 43.4 Å². The molecule has 0 amide bonds. The Labute approximate surface area is 118 Å². The molecule has 0 unspecified atom stereocenters. The second kappa shape index (κ2) is 6.50. The molecule has 0 spiro atoms. The van der Waals surface area contributed by atoms with E-state index in [1.54, 1.807) is 12.4 Å². The maximum atomic E-state index is 6.28. The lowest BCUT2D eigenvalue weighted by Gasteiger charge is -2.19. The molecular weight excluding hydrogens is 260 g/mol. The number of halogens is 1. The van der Waals surface area contributed by atoms with Crippen LogP contribution in [0.2, 0.25) is 5.02 Å². The van der Waals surface area contributed by atoms with Crippen molar-refractivity contribution in [2.24, 2.45) is 0 Å². The maximum Gasteiger partial charge on any atom is 0.147 e. The summed E-state index contributed by atoms with van der Waals surface area (Å²) >= 11 is 6.28. The van der Waals surface area contributed by atoms with E-state index in [0.29, 0.717) is 5.02 Å². The lowest BCUT2D eigenvalue weighted by Crippen LogP contribution is -2.18. The fourth-order valence-corrected chi connectivity index (χ4v) is 2.22. The van der Waals surface area contributed by atoms with Crippen LogP contribution in [0, 0.1) is 0 Å². The Hall–Kier alpha value is -1.65. The summed E-state index contributed by atoms with van der Waals surface area (Å²) in [6.07, 6.45) is 5.42. The highest BCUT2D eigenvalue weighted by Gasteiger charge is 2.09. The largest absolute Gasteiger partial charge is 0.354 e. The van der Waals surface area contributed by atoms with Crippen molar-refractivity contribution in [3.8, 4) is 0 Å². The molecule has 0 bridgehead atoms. The maximum absolute atomic E-state index is 6.28. The van der Waals surface area contributed by atoms with Gasteiger partial charge in [-0.2, -0.15) is 0 Å². The summed E-state index contributed by atoms with van der Waals surface area (Å²) in [5.74, 6) is 0.790. The van der Waals surface area contributed by atoms with Crippen LogP contribution in [-0.4, -0.2) is 24.1 Å². The van der Waals surface area contributed by atoms with Gasteiger partial charge in [0.2, 0.25) is 0 Å². The van der Waals surface area contributed by atoms with Crippen molar-refractivity contribution in [1.82, 2.24) is 15.3 Å². The Morgan fingerprint density at radius 2 is 2.00 bits per heavy atom. The molecule has 0 fully saturated rings. The van der Waals surface area contributed by atoms with Gasteiger partial charge in [-0.3, -0.25) is 4.98 Å². The number of nitrogens with one attached hydrogen (secondary N) is 1. The molecule has 2 rings (SSSR count). The molecule has 5 heteroatoms. The van der Waals surface area contributed by atoms with E-state index in [2.05, 4.69) is 15.3 Å². The highest BCUT2D eigenvalue weighted by molar-refractivity contribution is 6.33. The second-order valence-electron chi connectivity index (χ2n) is 4.39. The number of hydrogen-bond donors (Lipinski definition) is 1. The van der Waals surface area contributed by atoms with Crippen molar-refractivity contribution >= 4 is 17.4 Å². The predicted molar refractivity (Wildman–Crippen MR) is 78.4 cm³/mol. The first kappa shape index (κ1) is 13.8. The van der Waals surface area contributed by atoms with Gasteiger partial charge in [-0.15, -0.1) is 0 Å². The third-order valence-corrected chi connectivity index (χ3v) is 3.07. The first-order valence-corrected chi connectivity index (χ1v) is 6.47. The summed E-state index contributed by atoms with van der Waals surface area (Å²) < 4.78 is 0. The first-order valence-electron chi connectivity index (χ1n) is 6.09. The van der Waals surface area contributed by atoms with Gasteiger partial charge in [-0.1, -0.05) is 11.6 Å². The van der Waals surface area contributed by atoms with Crippen LogP contribution >= 0.6 is 11.6 Å². The van der Waals surface area contributed by atoms with Crippen LogP contribution in [0.4, 0.5) is 5.82 Å². The van der Waals surface area contributed by atoms with Gasteiger partial charge in [0.25, 0.3) is 0 Å². The van der Waals surface area contributed by atoms with E-state index in [1.165, 1.54) is 5.56 Å². The summed E-state index contributed by atoms with van der Waals surface area (Å²) in [6.45, 7) is 1.52. The standard InChI is InChI=1S/C14H17ClN4/c1-16-8-12-7-13(15)14(18-9-12)19(2)10-11-3-5-17-6-4-11/h3-7,9,16H,8,10H2,1-2H3. The summed E-state index contributed by atoms with van der Waals surface area (Å²) in [4.78, 5) is 10.5. The third kappa shape index (κ3) is 3.66. The number of pyridine rings is 2. The first-order chi connectivity index (χ1) is 9.20. The minimum absolute atomic E-state index is 0.671. The predicted octanol–water partition coefficient (Wildman–Crippen LogP) is 2.49. The summed E-state index contributed by atoms with van der Waals surface area (Å²) in [5, 5.41) is 3.75. The number of nitrogens with zero attached hydrogens (tertiary/aromatic N) is 3. The smallest absolute Gasteiger partial charge is 0.147 e. The molecule has 100 valence electrons. The molecule has 0 saturated carbocycles. The third-order valence-electron chi connectivity index (χ3n) is 2.79. The van der Waals surface area contributed by atoms with Gasteiger partial charge in [0.1, 0.15) is 5.82 Å². The molecule has 1 N–H and O–H groups in total. The molecule has 2 aromatic heterocycles. The van der Waals surface area contributed by atoms with Crippen LogP contribution in [0.25, 0.3) is 0 Å². The van der Waals surface area contributed by atoms with Crippen LogP contribution < -0.4 is 10.2 Å². The van der Waals surface area contributed by atoms with E-state index in [9.17, 15) is 0 Å². The van der Waals surface area contributed by atoms with Gasteiger partial charge in [0, 0.05) is 38.7 Å². The number of hydrogen-bond acceptors (Lipinski definition) is 4. The van der Waals surface area contributed by atoms with Crippen LogP contribution in [0.5, 0.6) is 0 Å². The minimum atomic E-state index is 0.671. The van der Waals surface area contributed by atoms with Crippen molar-refractivity contribution in [3.05, 3.63) is 52.9 Å². The molecule has 0 aromatic carbocycles. The zero-order valence-corrected chi connectivity index (χ0v) is 11.9. The Bertz CT molecular complexity index is 530. The molecule has 0 aliphatic carbocycles. The molecule has 0 atom stereocenters. The molecule has 0 aliphatic rings. The van der Waals surface area contributed by atoms with E-state index >= 15 is 0 Å². The van der Waals surface area contributed by atoms with Crippen molar-refractivity contribution in [3.63, 3.8) is 0 Å². The number of aromatic nitrogens is 2. The fourth-order valence-electron chi connectivity index (χ4n) is 1.89. The van der Waals surface area contributed by atoms with Crippen molar-refractivity contribution in [1.29, 1.82) is 0 Å². The minimum Gasteiger partial charge on any atom is -0.354 e. The summed E-state index contributed by atoms with van der Waals surface area (Å²) in [5.41, 5.74) is 2.25. The topological polar surface area (TPSA) is 41.1 Å². The van der Waals surface area contributed by atoms with Crippen LogP contribution in [0.15, 0.2) is 36.8 Å². The van der Waals surface area contributed by atoms with Crippen molar-refractivity contribution < 1.29 is 0 Å². The zero-order chi connectivity index (χ0) is 13.7. The van der Waals surface area contributed by atoms with E-state index in [0.717, 1.165) is 24.5 Å². The van der Waals surface area contributed by atoms with Crippen molar-refractivity contribution in [2.75, 3.05) is 19.0 Å². The van der Waals surface area contributed by atoms with Gasteiger partial charge in [-0.05, 0) is 36.4 Å². The Morgan fingerprint density at radius 1 is 1.26 bits per heavy atom. The van der Waals surface area contributed by atoms with E-state index in [4.69, 9.17) is 11.6 Å². The van der Waals surface area contributed by atoms with E-state index in [-0.39, 0.29) is 0 Å². The average Bonchev–Trinajstić information content (AvgIpc) is 2.40. The molecule has 19 heavy (non-hydrogen) atoms. The van der Waals surface area contributed by atoms with Gasteiger partial charge in [0.05, 0.1) is 5.02 Å². The SMILES string of the molecule is CNCc1cnc(N(C)Cc2ccncc2)c(Cl)c1. The monoisotopic (exact) mass is 276 g/mol. The van der Waals surface area contributed by atoms with Crippen molar-refractivity contribution in [2.45, 2.75) is 13.1 Å². The van der Waals surface area contributed by atoms with Crippen LogP contribution in [0.1, 0.15) is 11.1 Å². The average molecular weight is 277 g/mol. The lowest BCUT2D eigenvalue weighted by atomic mass is 10.2. The van der Waals surface area contributed by atoms with Crippen LogP contribution in [0.3, 0.4) is 0 Å². The Morgan fingerprint density at radius 3 is 2.63 bits per heavy atom. The van der Waals surface area contributed by atoms with Gasteiger partial charge in [0.15, 0.2) is 0 Å². The second-order valence-corrected chi connectivity index (χ2v) is 4.80. The molecule has 0 saturated heterocycles. The number of rotatable bonds is 5. The molecular formula is C14H17ClN4. The quantitative estimate of drug-likeness (QED) is 0.911. The Balaban J connectivity index is 2.13. The van der Waals surface area contributed by atoms with Crippen LogP contribution in [-0.2, 0) is 13.1 Å². The fraction of sp³-hybridized carbons (Fsp3) is 0.286. The highest BCUT2D eigenvalue weighted by atomic mass is 35.5. The molecule has 0 aliphatic heterocycles. The summed E-state index contributed by atoms with van der Waals surface area (Å²) in [6, 6.07) is 5.92. The molecule has 2 heterocycles. The Kier molecular flexibility index (Phi) is 4.71. The zero-order valence-electron chi connectivity index (χ0n) is 11.1. The van der Waals surface area contributed by atoms with Gasteiger partial charge in [-0.25, -0.2) is 4.98 Å². The lowest BCUT2D eigenvalue weighted by molar-refractivity contribution is 0.810. The normalized spacial score (nSPS) is 10.5. The molecule has 4 nitrogen and oxygen atoms in total. The molecule has 0 radical (unpaired) electrons. The highest BCUT2D eigenvalue weighted by Crippen LogP contribution is 2.24. The summed E-state index contributed by atoms with van der Waals surface area (Å²) in [7, 11) is 3.88. The van der Waals surface area contributed by atoms with Gasteiger partial charge < -0.3 is 10.2 Å². The number of anilines is 1. The van der Waals surface area contributed by atoms with E-state index < -0.39 is 0 Å². The van der Waals surface area contributed by atoms with Gasteiger partial charge >= 0.3 is 0 Å². The molecule has 2 aromatic rings.